The van der Waals surface area contributed by atoms with Crippen LogP contribution in [0.2, 0.25) is 0 Å². The molecule has 0 aliphatic carbocycles. The molecule has 0 fully saturated rings. The van der Waals surface area contributed by atoms with Gasteiger partial charge in [-0.15, -0.1) is 0 Å². The maximum Gasteiger partial charge on any atom is 0.0411 e. The Morgan fingerprint density at radius 3 is 2.13 bits per heavy atom. The summed E-state index contributed by atoms with van der Waals surface area (Å²) < 4.78 is 0. The fourth-order valence-corrected chi connectivity index (χ4v) is 1.86. The van der Waals surface area contributed by atoms with Crippen molar-refractivity contribution < 1.29 is 0 Å². The second-order valence-corrected chi connectivity index (χ2v) is 4.04. The number of para-hydroxylation sites is 1. The molecule has 0 aliphatic heterocycles. The van der Waals surface area contributed by atoms with Crippen LogP contribution in [0.15, 0.2) is 24.3 Å². The van der Waals surface area contributed by atoms with Crippen molar-refractivity contribution in [3.8, 4) is 0 Å². The van der Waals surface area contributed by atoms with Gasteiger partial charge in [0.25, 0.3) is 0 Å². The molecule has 0 heterocycles. The number of rotatable bonds is 5. The van der Waals surface area contributed by atoms with E-state index in [1.807, 2.05) is 0 Å². The molecule has 0 saturated carbocycles. The first-order chi connectivity index (χ1) is 7.19. The molecule has 0 saturated heterocycles. The molecule has 0 aromatic heterocycles. The summed E-state index contributed by atoms with van der Waals surface area (Å²) in [6, 6.07) is 8.66. The van der Waals surface area contributed by atoms with Crippen molar-refractivity contribution >= 4 is 5.69 Å². The number of hydrogen-bond donors (Lipinski definition) is 0. The van der Waals surface area contributed by atoms with Gasteiger partial charge in [0.05, 0.1) is 0 Å². The average molecular weight is 206 g/mol. The maximum atomic E-state index is 2.40. The van der Waals surface area contributed by atoms with E-state index in [4.69, 9.17) is 0 Å². The lowest BCUT2D eigenvalue weighted by molar-refractivity contribution is 0.402. The highest BCUT2D eigenvalue weighted by atomic mass is 15.1. The lowest BCUT2D eigenvalue weighted by Crippen LogP contribution is -2.24. The van der Waals surface area contributed by atoms with E-state index < -0.39 is 0 Å². The first kappa shape index (κ1) is 12.1. The van der Waals surface area contributed by atoms with Crippen LogP contribution in [0.25, 0.3) is 0 Å². The predicted octanol–water partition coefficient (Wildman–Crippen LogP) is 2.59. The van der Waals surface area contributed by atoms with E-state index in [9.17, 15) is 0 Å². The number of anilines is 1. The Hall–Kier alpha value is -1.02. The van der Waals surface area contributed by atoms with Crippen molar-refractivity contribution in [1.82, 2.24) is 4.90 Å². The van der Waals surface area contributed by atoms with Crippen LogP contribution in [0.3, 0.4) is 0 Å². The largest absolute Gasteiger partial charge is 0.372 e. The van der Waals surface area contributed by atoms with E-state index >= 15 is 0 Å². The molecule has 0 N–H and O–H groups in total. The Kier molecular flexibility index (Phi) is 4.63. The number of hydrogen-bond acceptors (Lipinski definition) is 2. The molecule has 84 valence electrons. The third kappa shape index (κ3) is 3.24. The molecule has 1 aromatic rings. The third-order valence-electron chi connectivity index (χ3n) is 2.58. The van der Waals surface area contributed by atoms with Crippen molar-refractivity contribution in [1.29, 1.82) is 0 Å². The zero-order valence-electron chi connectivity index (χ0n) is 10.3. The van der Waals surface area contributed by atoms with Gasteiger partial charge < -0.3 is 9.80 Å². The van der Waals surface area contributed by atoms with Gasteiger partial charge in [-0.3, -0.25) is 0 Å². The zero-order chi connectivity index (χ0) is 11.3. The van der Waals surface area contributed by atoms with E-state index in [1.54, 1.807) is 0 Å². The van der Waals surface area contributed by atoms with Gasteiger partial charge in [0.2, 0.25) is 0 Å². The molecule has 0 unspecified atom stereocenters. The lowest BCUT2D eigenvalue weighted by Gasteiger charge is -2.25. The van der Waals surface area contributed by atoms with Gasteiger partial charge in [0.15, 0.2) is 0 Å². The van der Waals surface area contributed by atoms with Gasteiger partial charge >= 0.3 is 0 Å². The van der Waals surface area contributed by atoms with Crippen LogP contribution in [-0.4, -0.2) is 32.1 Å². The number of benzene rings is 1. The molecule has 0 bridgehead atoms. The van der Waals surface area contributed by atoms with E-state index in [0.717, 1.165) is 19.6 Å². The summed E-state index contributed by atoms with van der Waals surface area (Å²) >= 11 is 0. The van der Waals surface area contributed by atoms with Crippen LogP contribution in [0, 0.1) is 0 Å². The summed E-state index contributed by atoms with van der Waals surface area (Å²) in [5.74, 6) is 0. The molecular weight excluding hydrogens is 184 g/mol. The van der Waals surface area contributed by atoms with Gasteiger partial charge in [0.1, 0.15) is 0 Å². The molecule has 0 amide bonds. The maximum absolute atomic E-state index is 2.40. The summed E-state index contributed by atoms with van der Waals surface area (Å²) in [4.78, 5) is 4.61. The topological polar surface area (TPSA) is 6.48 Å². The summed E-state index contributed by atoms with van der Waals surface area (Å²) in [7, 11) is 4.22. The summed E-state index contributed by atoms with van der Waals surface area (Å²) in [6.45, 7) is 7.56. The van der Waals surface area contributed by atoms with Gasteiger partial charge in [-0.2, -0.15) is 0 Å². The monoisotopic (exact) mass is 206 g/mol. The summed E-state index contributed by atoms with van der Waals surface area (Å²) in [5.41, 5.74) is 2.78. The normalized spacial score (nSPS) is 10.7. The molecule has 1 aromatic carbocycles. The number of nitrogens with zero attached hydrogens (tertiary/aromatic N) is 2. The van der Waals surface area contributed by atoms with Crippen molar-refractivity contribution in [3.63, 3.8) is 0 Å². The van der Waals surface area contributed by atoms with Crippen LogP contribution < -0.4 is 4.90 Å². The van der Waals surface area contributed by atoms with Gasteiger partial charge in [-0.1, -0.05) is 18.2 Å². The van der Waals surface area contributed by atoms with Crippen LogP contribution in [0.5, 0.6) is 0 Å². The highest BCUT2D eigenvalue weighted by Crippen LogP contribution is 2.20. The van der Waals surface area contributed by atoms with E-state index in [1.165, 1.54) is 11.3 Å². The van der Waals surface area contributed by atoms with Gasteiger partial charge in [0, 0.05) is 25.3 Å². The van der Waals surface area contributed by atoms with Gasteiger partial charge in [-0.25, -0.2) is 0 Å². The molecule has 15 heavy (non-hydrogen) atoms. The fourth-order valence-electron chi connectivity index (χ4n) is 1.86. The minimum absolute atomic E-state index is 1.01. The van der Waals surface area contributed by atoms with E-state index in [2.05, 4.69) is 62.0 Å². The van der Waals surface area contributed by atoms with Crippen LogP contribution in [-0.2, 0) is 6.54 Å². The van der Waals surface area contributed by atoms with E-state index in [-0.39, 0.29) is 0 Å². The molecule has 2 nitrogen and oxygen atoms in total. The molecule has 0 aliphatic rings. The lowest BCUT2D eigenvalue weighted by atomic mass is 10.1. The standard InChI is InChI=1S/C13H22N2/c1-5-15(6-2)13-10-8-7-9-12(13)11-14(3)4/h7-10H,5-6,11H2,1-4H3. The predicted molar refractivity (Wildman–Crippen MR) is 67.4 cm³/mol. The Morgan fingerprint density at radius 2 is 1.60 bits per heavy atom. The van der Waals surface area contributed by atoms with Gasteiger partial charge in [-0.05, 0) is 39.6 Å². The SMILES string of the molecule is CCN(CC)c1ccccc1CN(C)C. The molecule has 0 atom stereocenters. The molecular formula is C13H22N2. The van der Waals surface area contributed by atoms with Crippen LogP contribution in [0.1, 0.15) is 19.4 Å². The third-order valence-corrected chi connectivity index (χ3v) is 2.58. The molecule has 0 radical (unpaired) electrons. The molecule has 2 heteroatoms. The van der Waals surface area contributed by atoms with Crippen molar-refractivity contribution in [2.75, 3.05) is 32.1 Å². The van der Waals surface area contributed by atoms with Crippen molar-refractivity contribution in [3.05, 3.63) is 29.8 Å². The zero-order valence-corrected chi connectivity index (χ0v) is 10.3. The summed E-state index contributed by atoms with van der Waals surface area (Å²) in [6.07, 6.45) is 0. The Morgan fingerprint density at radius 1 is 1.00 bits per heavy atom. The highest BCUT2D eigenvalue weighted by Gasteiger charge is 2.07. The van der Waals surface area contributed by atoms with Crippen molar-refractivity contribution in [2.24, 2.45) is 0 Å². The minimum Gasteiger partial charge on any atom is -0.372 e. The van der Waals surface area contributed by atoms with Crippen LogP contribution in [0.4, 0.5) is 5.69 Å². The Balaban J connectivity index is 2.94. The van der Waals surface area contributed by atoms with Crippen molar-refractivity contribution in [2.45, 2.75) is 20.4 Å². The highest BCUT2D eigenvalue weighted by molar-refractivity contribution is 5.53. The second kappa shape index (κ2) is 5.76. The quantitative estimate of drug-likeness (QED) is 0.730. The average Bonchev–Trinajstić information content (AvgIpc) is 2.21. The van der Waals surface area contributed by atoms with E-state index in [0.29, 0.717) is 0 Å². The molecule has 1 rings (SSSR count). The second-order valence-electron chi connectivity index (χ2n) is 4.04. The first-order valence-electron chi connectivity index (χ1n) is 5.66. The molecule has 0 spiro atoms. The Bertz CT molecular complexity index is 290. The van der Waals surface area contributed by atoms with Crippen LogP contribution >= 0.6 is 0 Å². The smallest absolute Gasteiger partial charge is 0.0411 e. The first-order valence-corrected chi connectivity index (χ1v) is 5.66. The fraction of sp³-hybridized carbons (Fsp3) is 0.538. The Labute approximate surface area is 93.5 Å². The minimum atomic E-state index is 1.01. The summed E-state index contributed by atoms with van der Waals surface area (Å²) in [5, 5.41) is 0.